The molecule has 1 aliphatic rings. The van der Waals surface area contributed by atoms with E-state index in [4.69, 9.17) is 0 Å². The molecule has 108 valence electrons. The number of hydrogen-bond acceptors (Lipinski definition) is 2. The highest BCUT2D eigenvalue weighted by molar-refractivity contribution is 14.0. The van der Waals surface area contributed by atoms with Crippen LogP contribution in [0.4, 0.5) is 0 Å². The summed E-state index contributed by atoms with van der Waals surface area (Å²) in [5.74, 6) is 1.59. The van der Waals surface area contributed by atoms with Gasteiger partial charge in [0.05, 0.1) is 0 Å². The van der Waals surface area contributed by atoms with Gasteiger partial charge in [0.25, 0.3) is 0 Å². The topological polar surface area (TPSA) is 39.7 Å². The molecule has 0 amide bonds. The second-order valence-electron chi connectivity index (χ2n) is 4.86. The average molecular weight is 368 g/mol. The van der Waals surface area contributed by atoms with E-state index >= 15 is 0 Å². The van der Waals surface area contributed by atoms with Crippen LogP contribution in [0.5, 0.6) is 0 Å². The fourth-order valence-corrected chi connectivity index (χ4v) is 2.22. The Kier molecular flexibility index (Phi) is 10.8. The van der Waals surface area contributed by atoms with Gasteiger partial charge in [-0.2, -0.15) is 0 Å². The van der Waals surface area contributed by atoms with Crippen LogP contribution in [-0.4, -0.2) is 50.1 Å². The SMILES string of the molecule is CCNC(=NCC(C)CN1CCCC1)NCC.I. The van der Waals surface area contributed by atoms with Crippen LogP contribution in [0.1, 0.15) is 33.6 Å². The first kappa shape index (κ1) is 18.0. The number of guanidine groups is 1. The van der Waals surface area contributed by atoms with Crippen LogP contribution in [0, 0.1) is 5.92 Å². The summed E-state index contributed by atoms with van der Waals surface area (Å²) in [6.45, 7) is 13.0. The Hall–Kier alpha value is -0.0400. The van der Waals surface area contributed by atoms with E-state index in [2.05, 4.69) is 41.3 Å². The van der Waals surface area contributed by atoms with Crippen molar-refractivity contribution in [1.29, 1.82) is 0 Å². The van der Waals surface area contributed by atoms with Crippen molar-refractivity contribution in [3.63, 3.8) is 0 Å². The van der Waals surface area contributed by atoms with Crippen LogP contribution in [0.15, 0.2) is 4.99 Å². The van der Waals surface area contributed by atoms with Crippen LogP contribution in [-0.2, 0) is 0 Å². The first-order chi connectivity index (χ1) is 8.26. The van der Waals surface area contributed by atoms with Gasteiger partial charge in [-0.3, -0.25) is 4.99 Å². The normalized spacial score (nSPS) is 16.8. The van der Waals surface area contributed by atoms with Gasteiger partial charge < -0.3 is 15.5 Å². The number of aliphatic imine (C=N–C) groups is 1. The number of halogens is 1. The molecule has 1 rings (SSSR count). The molecule has 5 heteroatoms. The number of nitrogens with one attached hydrogen (secondary N) is 2. The number of nitrogens with zero attached hydrogens (tertiary/aromatic N) is 2. The van der Waals surface area contributed by atoms with Gasteiger partial charge in [0.2, 0.25) is 0 Å². The summed E-state index contributed by atoms with van der Waals surface area (Å²) in [5, 5.41) is 6.52. The third-order valence-electron chi connectivity index (χ3n) is 3.02. The lowest BCUT2D eigenvalue weighted by Gasteiger charge is -2.19. The molecule has 2 N–H and O–H groups in total. The third kappa shape index (κ3) is 7.41. The summed E-state index contributed by atoms with van der Waals surface area (Å²) < 4.78 is 0. The van der Waals surface area contributed by atoms with E-state index in [9.17, 15) is 0 Å². The predicted octanol–water partition coefficient (Wildman–Crippen LogP) is 1.91. The van der Waals surface area contributed by atoms with E-state index in [0.717, 1.165) is 25.6 Å². The lowest BCUT2D eigenvalue weighted by atomic mass is 10.2. The lowest BCUT2D eigenvalue weighted by Crippen LogP contribution is -2.37. The second kappa shape index (κ2) is 10.8. The number of rotatable bonds is 6. The Labute approximate surface area is 129 Å². The minimum absolute atomic E-state index is 0. The highest BCUT2D eigenvalue weighted by atomic mass is 127. The highest BCUT2D eigenvalue weighted by Gasteiger charge is 2.14. The van der Waals surface area contributed by atoms with Crippen molar-refractivity contribution in [2.45, 2.75) is 33.6 Å². The first-order valence-electron chi connectivity index (χ1n) is 7.00. The molecule has 0 saturated carbocycles. The van der Waals surface area contributed by atoms with Gasteiger partial charge in [0.15, 0.2) is 5.96 Å². The minimum atomic E-state index is 0. The van der Waals surface area contributed by atoms with Crippen molar-refractivity contribution < 1.29 is 0 Å². The summed E-state index contributed by atoms with van der Waals surface area (Å²) in [6, 6.07) is 0. The lowest BCUT2D eigenvalue weighted by molar-refractivity contribution is 0.291. The number of likely N-dealkylation sites (tertiary alicyclic amines) is 1. The van der Waals surface area contributed by atoms with Gasteiger partial charge in [0, 0.05) is 26.2 Å². The monoisotopic (exact) mass is 368 g/mol. The van der Waals surface area contributed by atoms with Gasteiger partial charge >= 0.3 is 0 Å². The van der Waals surface area contributed by atoms with E-state index in [-0.39, 0.29) is 24.0 Å². The van der Waals surface area contributed by atoms with Crippen LogP contribution >= 0.6 is 24.0 Å². The Morgan fingerprint density at radius 2 is 1.72 bits per heavy atom. The summed E-state index contributed by atoms with van der Waals surface area (Å²) >= 11 is 0. The zero-order valence-electron chi connectivity index (χ0n) is 12.0. The van der Waals surface area contributed by atoms with Gasteiger partial charge in [-0.1, -0.05) is 6.92 Å². The van der Waals surface area contributed by atoms with Gasteiger partial charge in [-0.15, -0.1) is 24.0 Å². The average Bonchev–Trinajstić information content (AvgIpc) is 2.79. The maximum absolute atomic E-state index is 4.61. The largest absolute Gasteiger partial charge is 0.357 e. The zero-order valence-corrected chi connectivity index (χ0v) is 14.4. The van der Waals surface area contributed by atoms with Crippen molar-refractivity contribution in [1.82, 2.24) is 15.5 Å². The summed E-state index contributed by atoms with van der Waals surface area (Å²) in [6.07, 6.45) is 2.74. The van der Waals surface area contributed by atoms with Crippen molar-refractivity contribution in [3.05, 3.63) is 0 Å². The second-order valence-corrected chi connectivity index (χ2v) is 4.86. The van der Waals surface area contributed by atoms with Crippen LogP contribution < -0.4 is 10.6 Å². The van der Waals surface area contributed by atoms with Crippen molar-refractivity contribution in [3.8, 4) is 0 Å². The Balaban J connectivity index is 0.00000289. The van der Waals surface area contributed by atoms with E-state index in [1.807, 2.05) is 0 Å². The van der Waals surface area contributed by atoms with Crippen LogP contribution in [0.3, 0.4) is 0 Å². The Morgan fingerprint density at radius 3 is 2.22 bits per heavy atom. The molecule has 1 aliphatic heterocycles. The molecule has 18 heavy (non-hydrogen) atoms. The smallest absolute Gasteiger partial charge is 0.191 e. The van der Waals surface area contributed by atoms with Crippen molar-refractivity contribution >= 4 is 29.9 Å². The molecule has 0 bridgehead atoms. The standard InChI is InChI=1S/C13H28N4.HI/c1-4-14-13(15-5-2)16-10-12(3)11-17-8-6-7-9-17;/h12H,4-11H2,1-3H3,(H2,14,15,16);1H. The fourth-order valence-electron chi connectivity index (χ4n) is 2.22. The maximum Gasteiger partial charge on any atom is 0.191 e. The molecule has 4 nitrogen and oxygen atoms in total. The first-order valence-corrected chi connectivity index (χ1v) is 7.00. The quantitative estimate of drug-likeness (QED) is 0.428. The Morgan fingerprint density at radius 1 is 1.17 bits per heavy atom. The van der Waals surface area contributed by atoms with Gasteiger partial charge in [-0.05, 0) is 45.7 Å². The summed E-state index contributed by atoms with van der Waals surface area (Å²) in [4.78, 5) is 7.17. The third-order valence-corrected chi connectivity index (χ3v) is 3.02. The fraction of sp³-hybridized carbons (Fsp3) is 0.923. The predicted molar refractivity (Wildman–Crippen MR) is 89.9 cm³/mol. The van der Waals surface area contributed by atoms with E-state index in [1.165, 1.54) is 32.5 Å². The van der Waals surface area contributed by atoms with Crippen molar-refractivity contribution in [2.75, 3.05) is 39.3 Å². The van der Waals surface area contributed by atoms with Gasteiger partial charge in [-0.25, -0.2) is 0 Å². The molecular weight excluding hydrogens is 339 g/mol. The molecular formula is C13H29IN4. The van der Waals surface area contributed by atoms with Gasteiger partial charge in [0.1, 0.15) is 0 Å². The highest BCUT2D eigenvalue weighted by Crippen LogP contribution is 2.10. The van der Waals surface area contributed by atoms with Crippen molar-refractivity contribution in [2.24, 2.45) is 10.9 Å². The molecule has 0 aromatic carbocycles. The Bertz CT molecular complexity index is 219. The van der Waals surface area contributed by atoms with E-state index < -0.39 is 0 Å². The molecule has 1 fully saturated rings. The number of hydrogen-bond donors (Lipinski definition) is 2. The van der Waals surface area contributed by atoms with Crippen LogP contribution in [0.2, 0.25) is 0 Å². The molecule has 0 aliphatic carbocycles. The van der Waals surface area contributed by atoms with E-state index in [0.29, 0.717) is 5.92 Å². The molecule has 1 saturated heterocycles. The molecule has 0 aromatic rings. The molecule has 1 unspecified atom stereocenters. The zero-order chi connectivity index (χ0) is 12.5. The molecule has 1 heterocycles. The summed E-state index contributed by atoms with van der Waals surface area (Å²) in [5.41, 5.74) is 0. The maximum atomic E-state index is 4.61. The summed E-state index contributed by atoms with van der Waals surface area (Å²) in [7, 11) is 0. The van der Waals surface area contributed by atoms with Crippen LogP contribution in [0.25, 0.3) is 0 Å². The van der Waals surface area contributed by atoms with E-state index in [1.54, 1.807) is 0 Å². The molecule has 0 aromatic heterocycles. The minimum Gasteiger partial charge on any atom is -0.357 e. The molecule has 0 spiro atoms. The molecule has 1 atom stereocenters. The molecule has 0 radical (unpaired) electrons.